The lowest BCUT2D eigenvalue weighted by Gasteiger charge is -2.40. The van der Waals surface area contributed by atoms with Crippen molar-refractivity contribution in [2.75, 3.05) is 26.2 Å². The number of aromatic nitrogens is 1. The highest BCUT2D eigenvalue weighted by Gasteiger charge is 2.42. The number of carbonyl (C=O) groups is 2. The molecule has 0 saturated carbocycles. The van der Waals surface area contributed by atoms with E-state index in [1.165, 1.54) is 17.0 Å². The molecule has 228 valence electrons. The van der Waals surface area contributed by atoms with Crippen LogP contribution in [0.25, 0.3) is 11.3 Å². The van der Waals surface area contributed by atoms with Gasteiger partial charge in [-0.05, 0) is 44.9 Å². The number of nitrogens with zero attached hydrogens (tertiary/aromatic N) is 3. The van der Waals surface area contributed by atoms with E-state index in [4.69, 9.17) is 30.8 Å². The molecule has 3 aromatic rings. The third kappa shape index (κ3) is 6.13. The summed E-state index contributed by atoms with van der Waals surface area (Å²) in [5.41, 5.74) is -0.462. The van der Waals surface area contributed by atoms with Gasteiger partial charge in [-0.1, -0.05) is 49.7 Å². The van der Waals surface area contributed by atoms with Crippen molar-refractivity contribution in [3.05, 3.63) is 64.4 Å². The van der Waals surface area contributed by atoms with Gasteiger partial charge in [-0.2, -0.15) is 0 Å². The maximum Gasteiger partial charge on any atom is 0.410 e. The predicted molar refractivity (Wildman–Crippen MR) is 156 cm³/mol. The number of carbonyl (C=O) groups excluding carboxylic acids is 2. The van der Waals surface area contributed by atoms with Crippen LogP contribution in [0.2, 0.25) is 5.02 Å². The molecule has 12 heteroatoms. The van der Waals surface area contributed by atoms with Crippen LogP contribution in [-0.4, -0.2) is 69.8 Å². The lowest BCUT2D eigenvalue weighted by molar-refractivity contribution is -0.106. The van der Waals surface area contributed by atoms with Gasteiger partial charge in [0.2, 0.25) is 0 Å². The molecule has 10 nitrogen and oxygen atoms in total. The van der Waals surface area contributed by atoms with Crippen LogP contribution in [0, 0.1) is 5.82 Å². The number of piperazine rings is 1. The zero-order valence-electron chi connectivity index (χ0n) is 24.5. The van der Waals surface area contributed by atoms with Crippen molar-refractivity contribution in [2.45, 2.75) is 52.2 Å². The third-order valence-corrected chi connectivity index (χ3v) is 7.42. The second-order valence-corrected chi connectivity index (χ2v) is 12.0. The standard InChI is InChI=1S/C31H33ClFN3O7/c1-17(2)19-9-6-7-12-22(19)42-43-28-24-27(25(32)26(34-28)23-20(33)10-8-11-21(23)37)40-16-18-15-35(13-14-36(18)29(24)38)30(39)41-31(3,4)5/h6-12,17-18,37H,13-16H2,1-5H3/t18-/m1/s1. The summed E-state index contributed by atoms with van der Waals surface area (Å²) in [6, 6.07) is 10.4. The molecule has 0 radical (unpaired) electrons. The van der Waals surface area contributed by atoms with Crippen LogP contribution < -0.4 is 14.5 Å². The van der Waals surface area contributed by atoms with Crippen LogP contribution in [0.5, 0.6) is 23.1 Å². The molecule has 2 aliphatic rings. The highest BCUT2D eigenvalue weighted by molar-refractivity contribution is 6.35. The number of aromatic hydroxyl groups is 1. The summed E-state index contributed by atoms with van der Waals surface area (Å²) >= 11 is 6.73. The molecule has 1 atom stereocenters. The molecular weight excluding hydrogens is 581 g/mol. The average molecular weight is 614 g/mol. The number of fused-ring (bicyclic) bond motifs is 2. The van der Waals surface area contributed by atoms with Crippen LogP contribution in [0.4, 0.5) is 9.18 Å². The van der Waals surface area contributed by atoms with Crippen LogP contribution in [-0.2, 0) is 4.74 Å². The first kappa shape index (κ1) is 30.2. The lowest BCUT2D eigenvalue weighted by atomic mass is 10.0. The molecule has 1 N–H and O–H groups in total. The molecule has 43 heavy (non-hydrogen) atoms. The van der Waals surface area contributed by atoms with E-state index in [0.29, 0.717) is 5.75 Å². The Morgan fingerprint density at radius 1 is 1.12 bits per heavy atom. The van der Waals surface area contributed by atoms with Crippen LogP contribution in [0.15, 0.2) is 42.5 Å². The fourth-order valence-electron chi connectivity index (χ4n) is 5.02. The molecule has 3 heterocycles. The number of phenols is 1. The Kier molecular flexibility index (Phi) is 8.29. The fraction of sp³-hybridized carbons (Fsp3) is 0.387. The number of para-hydroxylation sites is 1. The van der Waals surface area contributed by atoms with Gasteiger partial charge >= 0.3 is 6.09 Å². The maximum absolute atomic E-state index is 15.0. The molecule has 1 aromatic heterocycles. The van der Waals surface area contributed by atoms with Gasteiger partial charge in [0.15, 0.2) is 17.1 Å². The molecule has 1 saturated heterocycles. The van der Waals surface area contributed by atoms with Crippen LogP contribution >= 0.6 is 11.6 Å². The summed E-state index contributed by atoms with van der Waals surface area (Å²) in [7, 11) is 0. The van der Waals surface area contributed by atoms with E-state index >= 15 is 4.39 Å². The quantitative estimate of drug-likeness (QED) is 0.268. The Labute approximate surface area is 253 Å². The number of pyridine rings is 1. The topological polar surface area (TPSA) is 111 Å². The Bertz CT molecular complexity index is 1540. The van der Waals surface area contributed by atoms with E-state index in [2.05, 4.69) is 4.98 Å². The Morgan fingerprint density at radius 2 is 1.86 bits per heavy atom. The molecule has 0 bridgehead atoms. The van der Waals surface area contributed by atoms with Crippen molar-refractivity contribution in [3.8, 4) is 34.4 Å². The lowest BCUT2D eigenvalue weighted by Crippen LogP contribution is -2.58. The smallest absolute Gasteiger partial charge is 0.410 e. The van der Waals surface area contributed by atoms with Crippen molar-refractivity contribution in [2.24, 2.45) is 0 Å². The number of benzene rings is 2. The summed E-state index contributed by atoms with van der Waals surface area (Å²) in [4.78, 5) is 45.7. The molecule has 1 fully saturated rings. The second kappa shape index (κ2) is 11.8. The minimum absolute atomic E-state index is 0.0407. The number of ether oxygens (including phenoxy) is 2. The van der Waals surface area contributed by atoms with E-state index < -0.39 is 35.2 Å². The van der Waals surface area contributed by atoms with Crippen molar-refractivity contribution in [1.29, 1.82) is 0 Å². The van der Waals surface area contributed by atoms with E-state index in [0.717, 1.165) is 11.6 Å². The van der Waals surface area contributed by atoms with Crippen molar-refractivity contribution in [1.82, 2.24) is 14.8 Å². The highest BCUT2D eigenvalue weighted by atomic mass is 35.5. The molecule has 2 aliphatic heterocycles. The molecule has 2 aromatic carbocycles. The van der Waals surface area contributed by atoms with Crippen molar-refractivity contribution >= 4 is 23.6 Å². The predicted octanol–water partition coefficient (Wildman–Crippen LogP) is 6.20. The average Bonchev–Trinajstić information content (AvgIpc) is 3.09. The fourth-order valence-corrected chi connectivity index (χ4v) is 5.30. The van der Waals surface area contributed by atoms with Gasteiger partial charge in [0.25, 0.3) is 11.8 Å². The Hall–Kier alpha value is -4.25. The zero-order valence-corrected chi connectivity index (χ0v) is 25.3. The number of halogens is 2. The summed E-state index contributed by atoms with van der Waals surface area (Å²) in [5, 5.41) is 10.3. The van der Waals surface area contributed by atoms with E-state index in [1.54, 1.807) is 37.8 Å². The molecule has 5 rings (SSSR count). The molecule has 2 amide bonds. The van der Waals surface area contributed by atoms with Gasteiger partial charge < -0.3 is 24.4 Å². The van der Waals surface area contributed by atoms with Gasteiger partial charge in [-0.3, -0.25) is 14.6 Å². The van der Waals surface area contributed by atoms with Crippen LogP contribution in [0.3, 0.4) is 0 Å². The number of hydrogen-bond donors (Lipinski definition) is 1. The number of hydrogen-bond acceptors (Lipinski definition) is 8. The molecule has 0 spiro atoms. The van der Waals surface area contributed by atoms with Gasteiger partial charge in [-0.15, -0.1) is 0 Å². The summed E-state index contributed by atoms with van der Waals surface area (Å²) in [6.07, 6.45) is -0.500. The molecular formula is C31H33ClFN3O7. The van der Waals surface area contributed by atoms with Gasteiger partial charge in [0.1, 0.15) is 34.5 Å². The highest BCUT2D eigenvalue weighted by Crippen LogP contribution is 2.46. The number of rotatable bonds is 5. The van der Waals surface area contributed by atoms with E-state index in [-0.39, 0.29) is 65.6 Å². The molecule has 0 aliphatic carbocycles. The van der Waals surface area contributed by atoms with Crippen LogP contribution in [0.1, 0.15) is 56.5 Å². The first-order valence-electron chi connectivity index (χ1n) is 13.9. The monoisotopic (exact) mass is 613 g/mol. The van der Waals surface area contributed by atoms with Crippen molar-refractivity contribution < 1.29 is 38.3 Å². The molecule has 0 unspecified atom stereocenters. The van der Waals surface area contributed by atoms with E-state index in [9.17, 15) is 14.7 Å². The normalized spacial score (nSPS) is 16.7. The largest absolute Gasteiger partial charge is 0.507 e. The summed E-state index contributed by atoms with van der Waals surface area (Å²) in [5.74, 6) is -1.68. The van der Waals surface area contributed by atoms with Gasteiger partial charge in [-0.25, -0.2) is 14.2 Å². The minimum Gasteiger partial charge on any atom is -0.507 e. The zero-order chi connectivity index (χ0) is 31.1. The third-order valence-electron chi connectivity index (χ3n) is 7.07. The first-order valence-corrected chi connectivity index (χ1v) is 14.3. The number of amides is 2. The first-order chi connectivity index (χ1) is 20.4. The minimum atomic E-state index is -0.795. The van der Waals surface area contributed by atoms with Gasteiger partial charge in [0, 0.05) is 25.2 Å². The Morgan fingerprint density at radius 3 is 2.56 bits per heavy atom. The second-order valence-electron chi connectivity index (χ2n) is 11.7. The number of phenolic OH excluding ortho intramolecular Hbond substituents is 1. The van der Waals surface area contributed by atoms with Gasteiger partial charge in [0.05, 0.1) is 11.6 Å². The maximum atomic E-state index is 15.0. The Balaban J connectivity index is 1.56. The SMILES string of the molecule is CC(C)c1ccccc1OOc1nc(-c2c(O)cccc2F)c(Cl)c2c1C(=O)N1CCN(C(=O)OC(C)(C)C)C[C@@H]1CO2. The summed E-state index contributed by atoms with van der Waals surface area (Å²) < 4.78 is 26.6. The summed E-state index contributed by atoms with van der Waals surface area (Å²) in [6.45, 7) is 9.82. The van der Waals surface area contributed by atoms with Crippen molar-refractivity contribution in [3.63, 3.8) is 0 Å². The van der Waals surface area contributed by atoms with E-state index in [1.807, 2.05) is 26.0 Å².